The molecule has 24 heavy (non-hydrogen) atoms. The lowest BCUT2D eigenvalue weighted by Gasteiger charge is -2.34. The number of hydrogen-bond donors (Lipinski definition) is 1. The molecule has 1 saturated carbocycles. The van der Waals surface area contributed by atoms with Crippen molar-refractivity contribution in [3.05, 3.63) is 29.8 Å². The van der Waals surface area contributed by atoms with Crippen LogP contribution in [0.3, 0.4) is 0 Å². The summed E-state index contributed by atoms with van der Waals surface area (Å²) in [5, 5.41) is 3.25. The zero-order chi connectivity index (χ0) is 16.5. The molecule has 2 aliphatic heterocycles. The Balaban J connectivity index is 1.59. The summed E-state index contributed by atoms with van der Waals surface area (Å²) in [6, 6.07) is 8.63. The van der Waals surface area contributed by atoms with E-state index in [9.17, 15) is 4.79 Å². The fourth-order valence-corrected chi connectivity index (χ4v) is 4.59. The number of nitrogens with zero attached hydrogens (tertiary/aromatic N) is 1. The van der Waals surface area contributed by atoms with Gasteiger partial charge in [0.25, 0.3) is 0 Å². The highest BCUT2D eigenvalue weighted by Gasteiger charge is 2.48. The van der Waals surface area contributed by atoms with E-state index in [1.54, 1.807) is 7.11 Å². The van der Waals surface area contributed by atoms with Gasteiger partial charge in [0.15, 0.2) is 0 Å². The van der Waals surface area contributed by atoms with Crippen molar-refractivity contribution >= 4 is 6.03 Å². The van der Waals surface area contributed by atoms with Crippen LogP contribution < -0.4 is 10.1 Å². The van der Waals surface area contributed by atoms with Crippen LogP contribution >= 0.6 is 0 Å². The van der Waals surface area contributed by atoms with Crippen LogP contribution in [0.5, 0.6) is 5.75 Å². The molecule has 1 saturated heterocycles. The number of carbonyl (C=O) groups excluding carboxylic acids is 1. The zero-order valence-corrected chi connectivity index (χ0v) is 14.2. The van der Waals surface area contributed by atoms with Gasteiger partial charge in [-0.1, -0.05) is 31.0 Å². The number of hydrogen-bond acceptors (Lipinski definition) is 3. The summed E-state index contributed by atoms with van der Waals surface area (Å²) >= 11 is 0. The Labute approximate surface area is 143 Å². The molecule has 1 aliphatic carbocycles. The van der Waals surface area contributed by atoms with Crippen LogP contribution in [0.15, 0.2) is 24.3 Å². The van der Waals surface area contributed by atoms with Crippen LogP contribution in [0.25, 0.3) is 0 Å². The molecule has 130 valence electrons. The van der Waals surface area contributed by atoms with Crippen LogP contribution in [0.1, 0.15) is 37.3 Å². The Hall–Kier alpha value is -1.75. The van der Waals surface area contributed by atoms with Crippen molar-refractivity contribution in [1.29, 1.82) is 0 Å². The van der Waals surface area contributed by atoms with Crippen LogP contribution in [0.4, 0.5) is 4.79 Å². The third-order valence-electron chi connectivity index (χ3n) is 5.77. The molecule has 0 bridgehead atoms. The molecule has 0 aromatic heterocycles. The van der Waals surface area contributed by atoms with Gasteiger partial charge >= 0.3 is 6.03 Å². The molecule has 3 aliphatic rings. The van der Waals surface area contributed by atoms with Gasteiger partial charge in [-0.3, -0.25) is 0 Å². The number of nitrogens with one attached hydrogen (secondary N) is 1. The van der Waals surface area contributed by atoms with E-state index in [0.29, 0.717) is 31.1 Å². The van der Waals surface area contributed by atoms with Crippen molar-refractivity contribution < 1.29 is 14.3 Å². The second-order valence-corrected chi connectivity index (χ2v) is 7.26. The Morgan fingerprint density at radius 2 is 2.12 bits per heavy atom. The molecule has 5 nitrogen and oxygen atoms in total. The summed E-state index contributed by atoms with van der Waals surface area (Å²) in [7, 11) is 1.73. The highest BCUT2D eigenvalue weighted by molar-refractivity contribution is 5.76. The first-order chi connectivity index (χ1) is 11.8. The monoisotopic (exact) mass is 330 g/mol. The van der Waals surface area contributed by atoms with Crippen molar-refractivity contribution in [3.63, 3.8) is 0 Å². The van der Waals surface area contributed by atoms with Gasteiger partial charge in [-0.15, -0.1) is 0 Å². The third-order valence-corrected chi connectivity index (χ3v) is 5.77. The quantitative estimate of drug-likeness (QED) is 0.927. The highest BCUT2D eigenvalue weighted by Crippen LogP contribution is 2.47. The van der Waals surface area contributed by atoms with E-state index >= 15 is 0 Å². The molecule has 2 amide bonds. The van der Waals surface area contributed by atoms with Crippen molar-refractivity contribution in [1.82, 2.24) is 10.2 Å². The Morgan fingerprint density at radius 1 is 1.33 bits per heavy atom. The Bertz CT molecular complexity index is 600. The molecule has 0 radical (unpaired) electrons. The molecular formula is C19H26N2O3. The largest absolute Gasteiger partial charge is 0.493 e. The predicted molar refractivity (Wildman–Crippen MR) is 91.0 cm³/mol. The SMILES string of the molecule is COC[C@@H]1CN(C(=O)NC2CCCC2)[C@H]2c3ccccc3OC[C@@H]12. The first-order valence-electron chi connectivity index (χ1n) is 9.05. The molecule has 1 aromatic carbocycles. The van der Waals surface area contributed by atoms with E-state index in [0.717, 1.165) is 30.7 Å². The van der Waals surface area contributed by atoms with E-state index in [4.69, 9.17) is 9.47 Å². The first-order valence-corrected chi connectivity index (χ1v) is 9.05. The number of urea groups is 1. The molecule has 1 aromatic rings. The lowest BCUT2D eigenvalue weighted by molar-refractivity contribution is 0.1000. The molecule has 1 N–H and O–H groups in total. The number of carbonyl (C=O) groups is 1. The van der Waals surface area contributed by atoms with Gasteiger partial charge < -0.3 is 19.7 Å². The summed E-state index contributed by atoms with van der Waals surface area (Å²) in [5.41, 5.74) is 1.13. The normalized spacial score (nSPS) is 29.0. The van der Waals surface area contributed by atoms with E-state index < -0.39 is 0 Å². The summed E-state index contributed by atoms with van der Waals surface area (Å²) in [6.07, 6.45) is 4.66. The summed E-state index contributed by atoms with van der Waals surface area (Å²) in [6.45, 7) is 2.06. The lowest BCUT2D eigenvalue weighted by atomic mass is 9.86. The van der Waals surface area contributed by atoms with Crippen LogP contribution in [0.2, 0.25) is 0 Å². The first kappa shape index (κ1) is 15.8. The van der Waals surface area contributed by atoms with Crippen molar-refractivity contribution in [2.24, 2.45) is 11.8 Å². The van der Waals surface area contributed by atoms with Gasteiger partial charge in [-0.05, 0) is 18.9 Å². The van der Waals surface area contributed by atoms with Gasteiger partial charge in [0.1, 0.15) is 5.75 Å². The van der Waals surface area contributed by atoms with Gasteiger partial charge in [0, 0.05) is 37.1 Å². The topological polar surface area (TPSA) is 50.8 Å². The third kappa shape index (κ3) is 2.75. The maximum absolute atomic E-state index is 12.9. The number of para-hydroxylation sites is 1. The fraction of sp³-hybridized carbons (Fsp3) is 0.632. The van der Waals surface area contributed by atoms with Crippen LogP contribution in [-0.4, -0.2) is 43.8 Å². The number of likely N-dealkylation sites (tertiary alicyclic amines) is 1. The molecule has 0 unspecified atom stereocenters. The summed E-state index contributed by atoms with van der Waals surface area (Å²) in [5.74, 6) is 1.53. The van der Waals surface area contributed by atoms with Crippen LogP contribution in [0, 0.1) is 11.8 Å². The number of ether oxygens (including phenoxy) is 2. The van der Waals surface area contributed by atoms with E-state index in [1.165, 1.54) is 12.8 Å². The van der Waals surface area contributed by atoms with Crippen molar-refractivity contribution in [2.75, 3.05) is 26.9 Å². The average molecular weight is 330 g/mol. The average Bonchev–Trinajstić information content (AvgIpc) is 3.23. The van der Waals surface area contributed by atoms with Gasteiger partial charge in [0.2, 0.25) is 0 Å². The van der Waals surface area contributed by atoms with E-state index in [2.05, 4.69) is 11.4 Å². The number of amides is 2. The maximum atomic E-state index is 12.9. The van der Waals surface area contributed by atoms with E-state index in [-0.39, 0.29) is 12.1 Å². The molecule has 2 fully saturated rings. The second-order valence-electron chi connectivity index (χ2n) is 7.26. The molecule has 5 heteroatoms. The second kappa shape index (κ2) is 6.63. The minimum absolute atomic E-state index is 0.0761. The lowest BCUT2D eigenvalue weighted by Crippen LogP contribution is -2.45. The van der Waals surface area contributed by atoms with Crippen LogP contribution in [-0.2, 0) is 4.74 Å². The predicted octanol–water partition coefficient (Wildman–Crippen LogP) is 2.97. The summed E-state index contributed by atoms with van der Waals surface area (Å²) < 4.78 is 11.4. The standard InChI is InChI=1S/C19H26N2O3/c1-23-11-13-10-21(19(22)20-14-6-2-3-7-14)18-15-8-4-5-9-17(15)24-12-16(13)18/h4-5,8-9,13-14,16,18H,2-3,6-7,10-12H2,1H3,(H,20,22)/t13-,16-,18-/m0/s1. The number of fused-ring (bicyclic) bond motifs is 3. The van der Waals surface area contributed by atoms with Crippen molar-refractivity contribution in [2.45, 2.75) is 37.8 Å². The molecular weight excluding hydrogens is 304 g/mol. The Kier molecular flexibility index (Phi) is 4.35. The van der Waals surface area contributed by atoms with Gasteiger partial charge in [-0.25, -0.2) is 4.79 Å². The summed E-state index contributed by atoms with van der Waals surface area (Å²) in [4.78, 5) is 15.0. The molecule has 4 rings (SSSR count). The van der Waals surface area contributed by atoms with E-state index in [1.807, 2.05) is 23.1 Å². The van der Waals surface area contributed by atoms with Crippen molar-refractivity contribution in [3.8, 4) is 5.75 Å². The number of rotatable bonds is 3. The molecule has 2 heterocycles. The number of benzene rings is 1. The smallest absolute Gasteiger partial charge is 0.318 e. The maximum Gasteiger partial charge on any atom is 0.318 e. The minimum atomic E-state index is 0.0761. The molecule has 0 spiro atoms. The number of methoxy groups -OCH3 is 1. The minimum Gasteiger partial charge on any atom is -0.493 e. The van der Waals surface area contributed by atoms with Gasteiger partial charge in [-0.2, -0.15) is 0 Å². The zero-order valence-electron chi connectivity index (χ0n) is 14.2. The highest BCUT2D eigenvalue weighted by atomic mass is 16.5. The fourth-order valence-electron chi connectivity index (χ4n) is 4.59. The molecule has 3 atom stereocenters. The van der Waals surface area contributed by atoms with Gasteiger partial charge in [0.05, 0.1) is 19.3 Å². The Morgan fingerprint density at radius 3 is 2.92 bits per heavy atom.